The monoisotopic (exact) mass is 874 g/mol. The van der Waals surface area contributed by atoms with Gasteiger partial charge in [-0.2, -0.15) is 0 Å². The van der Waals surface area contributed by atoms with E-state index in [1.807, 2.05) is 127 Å². The highest BCUT2D eigenvalue weighted by molar-refractivity contribution is 6.27. The molecule has 0 saturated carbocycles. The molecule has 0 aromatic heterocycles. The molecule has 324 valence electrons. The molecule has 4 amide bonds. The molecule has 0 atom stereocenters. The summed E-state index contributed by atoms with van der Waals surface area (Å²) in [5, 5.41) is 7.34. The van der Waals surface area contributed by atoms with Crippen molar-refractivity contribution in [3.05, 3.63) is 214 Å². The largest absolute Gasteiger partial charge is 0.497 e. The van der Waals surface area contributed by atoms with E-state index in [0.717, 1.165) is 75.9 Å². The van der Waals surface area contributed by atoms with Gasteiger partial charge < -0.3 is 9.47 Å². The Balaban J connectivity index is 0.000000147. The number of fused-ring (bicyclic) bond motifs is 2. The van der Waals surface area contributed by atoms with Gasteiger partial charge in [0.1, 0.15) is 11.5 Å². The van der Waals surface area contributed by atoms with Crippen LogP contribution < -0.4 is 9.47 Å². The second-order valence-electron chi connectivity index (χ2n) is 16.1. The second kappa shape index (κ2) is 18.3. The number of imide groups is 2. The highest BCUT2D eigenvalue weighted by Crippen LogP contribution is 2.33. The normalized spacial score (nSPS) is 12.4. The first kappa shape index (κ1) is 43.3. The van der Waals surface area contributed by atoms with Crippen LogP contribution in [0.15, 0.2) is 164 Å². The summed E-state index contributed by atoms with van der Waals surface area (Å²) in [6, 6.07) is 52.4. The van der Waals surface area contributed by atoms with Crippen LogP contribution in [0.2, 0.25) is 0 Å². The quantitative estimate of drug-likeness (QED) is 0.127. The van der Waals surface area contributed by atoms with Crippen molar-refractivity contribution in [2.75, 3.05) is 28.3 Å². The van der Waals surface area contributed by atoms with Crippen LogP contribution in [0.4, 0.5) is 0 Å². The van der Waals surface area contributed by atoms with Crippen LogP contribution >= 0.6 is 0 Å². The molecule has 9 aromatic carbocycles. The van der Waals surface area contributed by atoms with E-state index in [4.69, 9.17) is 9.47 Å². The van der Waals surface area contributed by atoms with Crippen molar-refractivity contribution in [2.24, 2.45) is 0 Å². The lowest BCUT2D eigenvalue weighted by atomic mass is 9.91. The first-order valence-corrected chi connectivity index (χ1v) is 21.5. The fourth-order valence-electron chi connectivity index (χ4n) is 8.32. The van der Waals surface area contributed by atoms with Crippen molar-refractivity contribution in [2.45, 2.75) is 6.92 Å². The van der Waals surface area contributed by atoms with E-state index in [9.17, 15) is 19.2 Å². The van der Waals surface area contributed by atoms with E-state index in [1.165, 1.54) is 19.7 Å². The number of carbonyl (C=O) groups excluding carboxylic acids is 4. The third kappa shape index (κ3) is 8.44. The average Bonchev–Trinajstić information content (AvgIpc) is 3.37. The number of rotatable bonds is 2. The Labute approximate surface area is 388 Å². The van der Waals surface area contributed by atoms with Crippen molar-refractivity contribution in [1.29, 1.82) is 0 Å². The van der Waals surface area contributed by atoms with Crippen LogP contribution in [0.25, 0.3) is 43.1 Å². The Kier molecular flexibility index (Phi) is 11.8. The highest BCUT2D eigenvalue weighted by Gasteiger charge is 2.31. The van der Waals surface area contributed by atoms with Crippen LogP contribution in [0.5, 0.6) is 11.5 Å². The molecule has 8 nitrogen and oxygen atoms in total. The molecule has 0 N–H and O–H groups in total. The van der Waals surface area contributed by atoms with Gasteiger partial charge in [0.2, 0.25) is 0 Å². The Hall–Kier alpha value is -8.98. The number of amides is 4. The van der Waals surface area contributed by atoms with Crippen molar-refractivity contribution < 1.29 is 28.7 Å². The zero-order valence-electron chi connectivity index (χ0n) is 37.4. The van der Waals surface area contributed by atoms with E-state index in [1.54, 1.807) is 38.5 Å². The maximum Gasteiger partial charge on any atom is 0.261 e. The van der Waals surface area contributed by atoms with Crippen molar-refractivity contribution in [3.8, 4) is 35.2 Å². The topological polar surface area (TPSA) is 93.2 Å². The van der Waals surface area contributed by atoms with Gasteiger partial charge >= 0.3 is 0 Å². The third-order valence-corrected chi connectivity index (χ3v) is 11.9. The van der Waals surface area contributed by atoms with Gasteiger partial charge in [0, 0.05) is 69.4 Å². The number of benzene rings is 9. The lowest BCUT2D eigenvalue weighted by Crippen LogP contribution is -2.36. The first-order valence-electron chi connectivity index (χ1n) is 21.5. The maximum atomic E-state index is 12.5. The number of aryl methyl sites for hydroxylation is 1. The Morgan fingerprint density at radius 1 is 0.388 bits per heavy atom. The van der Waals surface area contributed by atoms with Gasteiger partial charge in [-0.1, -0.05) is 108 Å². The summed E-state index contributed by atoms with van der Waals surface area (Å²) in [6.45, 7) is 2.08. The standard InChI is InChI=1S/2C26H17NO3.C7H8/c2*1-27-25(28)22-5-3-4-21-17(11-13-23(24(21)22)26(27)29)8-6-16-7-9-19-15-20(30-2)12-10-18(19)14-16;1-7-5-3-2-4-6-7/h2*3-5,7,9-15H,1-2H3;2-6H,1H3. The van der Waals surface area contributed by atoms with Crippen LogP contribution in [0.1, 0.15) is 69.2 Å². The van der Waals surface area contributed by atoms with Crippen LogP contribution in [0, 0.1) is 30.6 Å². The summed E-state index contributed by atoms with van der Waals surface area (Å²) in [4.78, 5) is 52.5. The predicted molar refractivity (Wildman–Crippen MR) is 265 cm³/mol. The molecule has 11 rings (SSSR count). The number of methoxy groups -OCH3 is 2. The number of nitrogens with zero attached hydrogens (tertiary/aromatic N) is 2. The smallest absolute Gasteiger partial charge is 0.261 e. The maximum absolute atomic E-state index is 12.5. The second-order valence-corrected chi connectivity index (χ2v) is 16.1. The minimum Gasteiger partial charge on any atom is -0.497 e. The molecule has 0 unspecified atom stereocenters. The Morgan fingerprint density at radius 3 is 1.16 bits per heavy atom. The van der Waals surface area contributed by atoms with Gasteiger partial charge in [0.25, 0.3) is 23.6 Å². The first-order chi connectivity index (χ1) is 32.5. The lowest BCUT2D eigenvalue weighted by Gasteiger charge is -2.23. The molecule has 2 aliphatic heterocycles. The van der Waals surface area contributed by atoms with Gasteiger partial charge in [0.05, 0.1) is 14.2 Å². The highest BCUT2D eigenvalue weighted by atomic mass is 16.5. The van der Waals surface area contributed by atoms with E-state index in [2.05, 4.69) is 42.7 Å². The molecule has 67 heavy (non-hydrogen) atoms. The SMILES string of the molecule is COc1ccc2cc(C#Cc3ccc4c5c(cccc35)C(=O)N(C)C4=O)ccc2c1.COc1ccc2cc(C#Cc3ccc4c5c(cccc35)C(=O)N(C)C4=O)ccc2c1.Cc1ccccc1. The van der Waals surface area contributed by atoms with E-state index in [-0.39, 0.29) is 23.6 Å². The van der Waals surface area contributed by atoms with Crippen LogP contribution in [-0.2, 0) is 0 Å². The van der Waals surface area contributed by atoms with Crippen LogP contribution in [-0.4, -0.2) is 61.7 Å². The van der Waals surface area contributed by atoms with E-state index >= 15 is 0 Å². The molecule has 8 heteroatoms. The molecule has 9 aromatic rings. The molecule has 0 bridgehead atoms. The van der Waals surface area contributed by atoms with Gasteiger partial charge in [-0.05, 0) is 124 Å². The molecule has 0 spiro atoms. The minimum absolute atomic E-state index is 0.284. The number of hydrogen-bond acceptors (Lipinski definition) is 6. The molecule has 0 radical (unpaired) electrons. The molecule has 0 fully saturated rings. The van der Waals surface area contributed by atoms with E-state index in [0.29, 0.717) is 33.0 Å². The van der Waals surface area contributed by atoms with Crippen molar-refractivity contribution >= 4 is 66.7 Å². The summed E-state index contributed by atoms with van der Waals surface area (Å²) >= 11 is 0. The van der Waals surface area contributed by atoms with Gasteiger partial charge in [-0.15, -0.1) is 0 Å². The molecular weight excluding hydrogens is 833 g/mol. The summed E-state index contributed by atoms with van der Waals surface area (Å²) in [5.41, 5.74) is 6.82. The lowest BCUT2D eigenvalue weighted by molar-refractivity contribution is 0.0635. The average molecular weight is 875 g/mol. The molecule has 0 aliphatic carbocycles. The van der Waals surface area contributed by atoms with E-state index < -0.39 is 0 Å². The van der Waals surface area contributed by atoms with Gasteiger partial charge in [0.15, 0.2) is 0 Å². The van der Waals surface area contributed by atoms with Crippen molar-refractivity contribution in [3.63, 3.8) is 0 Å². The predicted octanol–water partition coefficient (Wildman–Crippen LogP) is 11.2. The summed E-state index contributed by atoms with van der Waals surface area (Å²) in [7, 11) is 6.32. The fourth-order valence-corrected chi connectivity index (χ4v) is 8.32. The molecule has 2 aliphatic rings. The molecule has 2 heterocycles. The summed E-state index contributed by atoms with van der Waals surface area (Å²) in [6.07, 6.45) is 0. The number of hydrogen-bond donors (Lipinski definition) is 0. The van der Waals surface area contributed by atoms with Gasteiger partial charge in [-0.3, -0.25) is 29.0 Å². The zero-order chi connectivity index (χ0) is 46.8. The number of carbonyl (C=O) groups is 4. The third-order valence-electron chi connectivity index (χ3n) is 11.9. The Morgan fingerprint density at radius 2 is 0.776 bits per heavy atom. The zero-order valence-corrected chi connectivity index (χ0v) is 37.4. The summed E-state index contributed by atoms with van der Waals surface area (Å²) < 4.78 is 10.5. The molecule has 0 saturated heterocycles. The molecular formula is C59H42N2O6. The van der Waals surface area contributed by atoms with Crippen LogP contribution in [0.3, 0.4) is 0 Å². The minimum atomic E-state index is -0.284. The van der Waals surface area contributed by atoms with Crippen molar-refractivity contribution in [1.82, 2.24) is 9.80 Å². The fraction of sp³-hybridized carbons (Fsp3) is 0.0847. The van der Waals surface area contributed by atoms with Gasteiger partial charge in [-0.25, -0.2) is 0 Å². The number of ether oxygens (including phenoxy) is 2. The Bertz CT molecular complexity index is 3380. The summed E-state index contributed by atoms with van der Waals surface area (Å²) in [5.74, 6) is 13.4.